The monoisotopic (exact) mass is 342 g/mol. The zero-order valence-electron chi connectivity index (χ0n) is 13.7. The zero-order valence-corrected chi connectivity index (χ0v) is 14.5. The van der Waals surface area contributed by atoms with Crippen molar-refractivity contribution >= 4 is 18.3 Å². The molecule has 130 valence electrons. The number of nitrogens with one attached hydrogen (secondary N) is 2. The first kappa shape index (κ1) is 19.6. The largest absolute Gasteiger partial charge is 0.497 e. The fraction of sp³-hybridized carbons (Fsp3) is 0.588. The Kier molecular flexibility index (Phi) is 9.48. The quantitative estimate of drug-likeness (QED) is 0.761. The van der Waals surface area contributed by atoms with E-state index >= 15 is 0 Å². The maximum absolute atomic E-state index is 11.7. The highest BCUT2D eigenvalue weighted by atomic mass is 35.5. The van der Waals surface area contributed by atoms with E-state index in [9.17, 15) is 4.79 Å². The number of piperidine rings is 1. The Morgan fingerprint density at radius 2 is 2.04 bits per heavy atom. The van der Waals surface area contributed by atoms with Gasteiger partial charge in [-0.2, -0.15) is 0 Å². The van der Waals surface area contributed by atoms with E-state index in [4.69, 9.17) is 9.47 Å². The Balaban J connectivity index is 0.00000264. The van der Waals surface area contributed by atoms with Crippen molar-refractivity contribution in [3.63, 3.8) is 0 Å². The van der Waals surface area contributed by atoms with Gasteiger partial charge in [0.2, 0.25) is 5.91 Å². The third kappa shape index (κ3) is 7.57. The molecule has 1 aromatic rings. The standard InChI is InChI=1S/C17H26N2O3.ClH/c1-21-15-4-6-16(7-5-15)22-12-9-17(20)19-11-8-14-3-2-10-18-13-14;/h4-7,14,18H,2-3,8-13H2,1H3,(H,19,20);1H. The number of ether oxygens (including phenoxy) is 2. The number of carbonyl (C=O) groups is 1. The normalized spacial score (nSPS) is 17.0. The Bertz CT molecular complexity index is 448. The summed E-state index contributed by atoms with van der Waals surface area (Å²) in [6, 6.07) is 7.36. The van der Waals surface area contributed by atoms with Crippen LogP contribution in [0.1, 0.15) is 25.7 Å². The molecule has 0 aliphatic carbocycles. The van der Waals surface area contributed by atoms with Crippen LogP contribution >= 0.6 is 12.4 Å². The predicted octanol–water partition coefficient (Wildman–Crippen LogP) is 2.39. The average Bonchev–Trinajstić information content (AvgIpc) is 2.56. The summed E-state index contributed by atoms with van der Waals surface area (Å²) in [6.45, 7) is 3.36. The fourth-order valence-corrected chi connectivity index (χ4v) is 2.61. The van der Waals surface area contributed by atoms with Crippen molar-refractivity contribution < 1.29 is 14.3 Å². The molecule has 0 aromatic heterocycles. The van der Waals surface area contributed by atoms with Gasteiger partial charge >= 0.3 is 0 Å². The van der Waals surface area contributed by atoms with Crippen LogP contribution in [-0.2, 0) is 4.79 Å². The van der Waals surface area contributed by atoms with Crippen LogP contribution in [0.2, 0.25) is 0 Å². The van der Waals surface area contributed by atoms with Crippen LogP contribution in [0.15, 0.2) is 24.3 Å². The molecule has 0 spiro atoms. The van der Waals surface area contributed by atoms with Gasteiger partial charge in [-0.1, -0.05) is 0 Å². The lowest BCUT2D eigenvalue weighted by Crippen LogP contribution is -2.33. The van der Waals surface area contributed by atoms with Gasteiger partial charge in [0.15, 0.2) is 0 Å². The highest BCUT2D eigenvalue weighted by molar-refractivity contribution is 5.85. The third-order valence-corrected chi connectivity index (χ3v) is 3.93. The van der Waals surface area contributed by atoms with E-state index in [1.165, 1.54) is 12.8 Å². The minimum Gasteiger partial charge on any atom is -0.497 e. The van der Waals surface area contributed by atoms with Crippen LogP contribution in [0.25, 0.3) is 0 Å². The molecule has 5 nitrogen and oxygen atoms in total. The summed E-state index contributed by atoms with van der Waals surface area (Å²) in [5, 5.41) is 6.36. The van der Waals surface area contributed by atoms with Crippen LogP contribution in [0, 0.1) is 5.92 Å². The maximum Gasteiger partial charge on any atom is 0.223 e. The summed E-state index contributed by atoms with van der Waals surface area (Å²) in [5.74, 6) is 2.30. The van der Waals surface area contributed by atoms with Crippen molar-refractivity contribution in [3.05, 3.63) is 24.3 Å². The molecular weight excluding hydrogens is 316 g/mol. The summed E-state index contributed by atoms with van der Waals surface area (Å²) >= 11 is 0. The summed E-state index contributed by atoms with van der Waals surface area (Å²) in [6.07, 6.45) is 3.95. The molecule has 1 heterocycles. The van der Waals surface area contributed by atoms with Crippen molar-refractivity contribution in [2.75, 3.05) is 33.4 Å². The van der Waals surface area contributed by atoms with Gasteiger partial charge < -0.3 is 20.1 Å². The van der Waals surface area contributed by atoms with Crippen molar-refractivity contribution in [2.45, 2.75) is 25.7 Å². The van der Waals surface area contributed by atoms with Gasteiger partial charge in [-0.05, 0) is 62.5 Å². The van der Waals surface area contributed by atoms with E-state index in [1.807, 2.05) is 24.3 Å². The molecule has 2 N–H and O–H groups in total. The lowest BCUT2D eigenvalue weighted by molar-refractivity contribution is -0.121. The molecule has 23 heavy (non-hydrogen) atoms. The molecular formula is C17H27ClN2O3. The zero-order chi connectivity index (χ0) is 15.6. The molecule has 0 radical (unpaired) electrons. The number of methoxy groups -OCH3 is 1. The fourth-order valence-electron chi connectivity index (χ4n) is 2.61. The molecule has 6 heteroatoms. The van der Waals surface area contributed by atoms with E-state index < -0.39 is 0 Å². The van der Waals surface area contributed by atoms with Crippen LogP contribution in [-0.4, -0.2) is 39.3 Å². The smallest absolute Gasteiger partial charge is 0.223 e. The molecule has 1 amide bonds. The van der Waals surface area contributed by atoms with E-state index in [1.54, 1.807) is 7.11 Å². The van der Waals surface area contributed by atoms with Gasteiger partial charge in [0.25, 0.3) is 0 Å². The topological polar surface area (TPSA) is 59.6 Å². The maximum atomic E-state index is 11.7. The van der Waals surface area contributed by atoms with Crippen LogP contribution < -0.4 is 20.1 Å². The first-order valence-electron chi connectivity index (χ1n) is 8.02. The molecule has 0 saturated carbocycles. The molecule has 1 aliphatic heterocycles. The Morgan fingerprint density at radius 1 is 1.30 bits per heavy atom. The SMILES string of the molecule is COc1ccc(OCCC(=O)NCCC2CCCNC2)cc1.Cl. The molecule has 1 fully saturated rings. The van der Waals surface area contributed by atoms with Gasteiger partial charge in [0.1, 0.15) is 11.5 Å². The highest BCUT2D eigenvalue weighted by Crippen LogP contribution is 2.17. The van der Waals surface area contributed by atoms with Crippen molar-refractivity contribution in [3.8, 4) is 11.5 Å². The minimum atomic E-state index is 0. The van der Waals surface area contributed by atoms with Gasteiger partial charge in [-0.25, -0.2) is 0 Å². The molecule has 1 atom stereocenters. The van der Waals surface area contributed by atoms with Gasteiger partial charge in [0, 0.05) is 6.54 Å². The van der Waals surface area contributed by atoms with E-state index in [0.717, 1.165) is 37.6 Å². The lowest BCUT2D eigenvalue weighted by Gasteiger charge is -2.22. The average molecular weight is 343 g/mol. The lowest BCUT2D eigenvalue weighted by atomic mass is 9.96. The summed E-state index contributed by atoms with van der Waals surface area (Å²) in [5.41, 5.74) is 0. The number of hydrogen-bond acceptors (Lipinski definition) is 4. The number of benzene rings is 1. The summed E-state index contributed by atoms with van der Waals surface area (Å²) in [4.78, 5) is 11.7. The summed E-state index contributed by atoms with van der Waals surface area (Å²) < 4.78 is 10.6. The van der Waals surface area contributed by atoms with E-state index in [2.05, 4.69) is 10.6 Å². The first-order valence-corrected chi connectivity index (χ1v) is 8.02. The molecule has 0 bridgehead atoms. The number of amides is 1. The second-order valence-electron chi connectivity index (χ2n) is 5.62. The van der Waals surface area contributed by atoms with Gasteiger partial charge in [0.05, 0.1) is 20.1 Å². The van der Waals surface area contributed by atoms with E-state index in [0.29, 0.717) is 18.9 Å². The number of rotatable bonds is 8. The second kappa shape index (κ2) is 11.1. The third-order valence-electron chi connectivity index (χ3n) is 3.93. The second-order valence-corrected chi connectivity index (χ2v) is 5.62. The number of carbonyl (C=O) groups excluding carboxylic acids is 1. The van der Waals surface area contributed by atoms with Crippen LogP contribution in [0.5, 0.6) is 11.5 Å². The van der Waals surface area contributed by atoms with Crippen molar-refractivity contribution in [2.24, 2.45) is 5.92 Å². The van der Waals surface area contributed by atoms with Crippen LogP contribution in [0.4, 0.5) is 0 Å². The number of hydrogen-bond donors (Lipinski definition) is 2. The Morgan fingerprint density at radius 3 is 2.70 bits per heavy atom. The van der Waals surface area contributed by atoms with Crippen molar-refractivity contribution in [1.82, 2.24) is 10.6 Å². The minimum absolute atomic E-state index is 0. The predicted molar refractivity (Wildman–Crippen MR) is 93.6 cm³/mol. The molecule has 1 saturated heterocycles. The first-order chi connectivity index (χ1) is 10.8. The van der Waals surface area contributed by atoms with Gasteiger partial charge in [-0.15, -0.1) is 12.4 Å². The molecule has 1 unspecified atom stereocenters. The Labute approximate surface area is 144 Å². The Hall–Kier alpha value is -1.46. The van der Waals surface area contributed by atoms with Crippen LogP contribution in [0.3, 0.4) is 0 Å². The summed E-state index contributed by atoms with van der Waals surface area (Å²) in [7, 11) is 1.63. The number of halogens is 1. The van der Waals surface area contributed by atoms with E-state index in [-0.39, 0.29) is 18.3 Å². The van der Waals surface area contributed by atoms with Crippen molar-refractivity contribution in [1.29, 1.82) is 0 Å². The van der Waals surface area contributed by atoms with Gasteiger partial charge in [-0.3, -0.25) is 4.79 Å². The molecule has 1 aromatic carbocycles. The molecule has 1 aliphatic rings. The highest BCUT2D eigenvalue weighted by Gasteiger charge is 2.12. The molecule has 2 rings (SSSR count).